The van der Waals surface area contributed by atoms with Crippen LogP contribution in [0.4, 0.5) is 0 Å². The summed E-state index contributed by atoms with van der Waals surface area (Å²) in [6, 6.07) is 8.99. The minimum absolute atomic E-state index is 0.0941. The standard InChI is InChI=1S/C13H19N3O3/c1-19-10-9-16(8-7-12(14)15-18)13(17)11-5-3-2-4-6-11/h2-6,18H,7-10H2,1H3,(H2,14,15). The Bertz CT molecular complexity index is 420. The minimum atomic E-state index is -0.0941. The van der Waals surface area contributed by atoms with Gasteiger partial charge in [-0.15, -0.1) is 0 Å². The van der Waals surface area contributed by atoms with Gasteiger partial charge in [0.05, 0.1) is 6.61 Å². The van der Waals surface area contributed by atoms with Crippen molar-refractivity contribution in [3.63, 3.8) is 0 Å². The lowest BCUT2D eigenvalue weighted by atomic mass is 10.2. The molecule has 0 aliphatic rings. The van der Waals surface area contributed by atoms with Crippen LogP contribution in [0.2, 0.25) is 0 Å². The van der Waals surface area contributed by atoms with Crippen molar-refractivity contribution in [2.45, 2.75) is 6.42 Å². The number of carbonyl (C=O) groups is 1. The van der Waals surface area contributed by atoms with Crippen LogP contribution in [0.15, 0.2) is 35.5 Å². The Balaban J connectivity index is 2.70. The number of hydrogen-bond acceptors (Lipinski definition) is 4. The molecule has 1 aromatic carbocycles. The molecule has 0 saturated carbocycles. The van der Waals surface area contributed by atoms with Gasteiger partial charge in [0.15, 0.2) is 0 Å². The molecule has 0 aromatic heterocycles. The summed E-state index contributed by atoms with van der Waals surface area (Å²) < 4.78 is 4.99. The number of hydrogen-bond donors (Lipinski definition) is 2. The number of nitrogens with two attached hydrogens (primary N) is 1. The SMILES string of the molecule is COCCN(CCC(N)=NO)C(=O)c1ccccc1. The van der Waals surface area contributed by atoms with Gasteiger partial charge in [0, 0.05) is 32.2 Å². The van der Waals surface area contributed by atoms with Gasteiger partial charge in [-0.2, -0.15) is 0 Å². The monoisotopic (exact) mass is 265 g/mol. The van der Waals surface area contributed by atoms with E-state index in [2.05, 4.69) is 5.16 Å². The lowest BCUT2D eigenvalue weighted by molar-refractivity contribution is 0.0700. The Labute approximate surface area is 112 Å². The second-order valence-corrected chi connectivity index (χ2v) is 3.99. The quantitative estimate of drug-likeness (QED) is 0.332. The molecule has 0 aliphatic heterocycles. The molecule has 1 aromatic rings. The van der Waals surface area contributed by atoms with Crippen LogP contribution >= 0.6 is 0 Å². The van der Waals surface area contributed by atoms with Crippen LogP contribution in [-0.2, 0) is 4.74 Å². The normalized spacial score (nSPS) is 11.3. The van der Waals surface area contributed by atoms with Gasteiger partial charge in [-0.3, -0.25) is 4.79 Å². The zero-order valence-electron chi connectivity index (χ0n) is 11.0. The number of carbonyl (C=O) groups excluding carboxylic acids is 1. The highest BCUT2D eigenvalue weighted by atomic mass is 16.5. The summed E-state index contributed by atoms with van der Waals surface area (Å²) in [6.07, 6.45) is 0.318. The van der Waals surface area contributed by atoms with E-state index in [1.807, 2.05) is 18.2 Å². The van der Waals surface area contributed by atoms with E-state index in [0.29, 0.717) is 31.7 Å². The summed E-state index contributed by atoms with van der Waals surface area (Å²) in [5.74, 6) is 0.00617. The van der Waals surface area contributed by atoms with Gasteiger partial charge in [-0.25, -0.2) is 0 Å². The van der Waals surface area contributed by atoms with Crippen molar-refractivity contribution in [2.75, 3.05) is 26.8 Å². The van der Waals surface area contributed by atoms with E-state index in [4.69, 9.17) is 15.7 Å². The van der Waals surface area contributed by atoms with Crippen LogP contribution in [0.25, 0.3) is 0 Å². The predicted octanol–water partition coefficient (Wildman–Crippen LogP) is 0.912. The highest BCUT2D eigenvalue weighted by Gasteiger charge is 2.15. The smallest absolute Gasteiger partial charge is 0.253 e. The molecule has 1 rings (SSSR count). The Kier molecular flexibility index (Phi) is 6.38. The zero-order chi connectivity index (χ0) is 14.1. The van der Waals surface area contributed by atoms with Crippen LogP contribution in [0.5, 0.6) is 0 Å². The van der Waals surface area contributed by atoms with Crippen molar-refractivity contribution in [3.05, 3.63) is 35.9 Å². The second kappa shape index (κ2) is 8.10. The molecule has 0 radical (unpaired) electrons. The molecule has 0 unspecified atom stereocenters. The molecule has 0 atom stereocenters. The van der Waals surface area contributed by atoms with E-state index >= 15 is 0 Å². The van der Waals surface area contributed by atoms with Gasteiger partial charge >= 0.3 is 0 Å². The molecule has 0 spiro atoms. The van der Waals surface area contributed by atoms with Crippen molar-refractivity contribution < 1.29 is 14.7 Å². The van der Waals surface area contributed by atoms with Gasteiger partial charge in [-0.05, 0) is 12.1 Å². The van der Waals surface area contributed by atoms with E-state index < -0.39 is 0 Å². The summed E-state index contributed by atoms with van der Waals surface area (Å²) in [5, 5.41) is 11.4. The number of nitrogens with zero attached hydrogens (tertiary/aromatic N) is 2. The third-order valence-corrected chi connectivity index (χ3v) is 2.64. The zero-order valence-corrected chi connectivity index (χ0v) is 11.0. The van der Waals surface area contributed by atoms with Crippen molar-refractivity contribution in [1.82, 2.24) is 4.90 Å². The fourth-order valence-corrected chi connectivity index (χ4v) is 1.58. The first-order chi connectivity index (χ1) is 9.19. The number of oxime groups is 1. The second-order valence-electron chi connectivity index (χ2n) is 3.99. The molecule has 1 amide bonds. The van der Waals surface area contributed by atoms with Crippen molar-refractivity contribution in [1.29, 1.82) is 0 Å². The minimum Gasteiger partial charge on any atom is -0.409 e. The van der Waals surface area contributed by atoms with E-state index in [0.717, 1.165) is 0 Å². The van der Waals surface area contributed by atoms with Crippen molar-refractivity contribution >= 4 is 11.7 Å². The number of benzene rings is 1. The van der Waals surface area contributed by atoms with Crippen molar-refractivity contribution in [2.24, 2.45) is 10.9 Å². The van der Waals surface area contributed by atoms with E-state index in [1.54, 1.807) is 24.1 Å². The van der Waals surface area contributed by atoms with Gasteiger partial charge < -0.3 is 20.6 Å². The molecular weight excluding hydrogens is 246 g/mol. The molecule has 0 saturated heterocycles. The molecule has 104 valence electrons. The van der Waals surface area contributed by atoms with E-state index in [-0.39, 0.29) is 11.7 Å². The molecule has 0 bridgehead atoms. The third-order valence-electron chi connectivity index (χ3n) is 2.64. The fourth-order valence-electron chi connectivity index (χ4n) is 1.58. The maximum Gasteiger partial charge on any atom is 0.253 e. The molecule has 0 fully saturated rings. The largest absolute Gasteiger partial charge is 0.409 e. The van der Waals surface area contributed by atoms with Crippen LogP contribution in [0.3, 0.4) is 0 Å². The number of methoxy groups -OCH3 is 1. The summed E-state index contributed by atoms with van der Waals surface area (Å²) in [7, 11) is 1.58. The lowest BCUT2D eigenvalue weighted by Gasteiger charge is -2.22. The summed E-state index contributed by atoms with van der Waals surface area (Å²) >= 11 is 0. The van der Waals surface area contributed by atoms with Gasteiger partial charge in [0.1, 0.15) is 5.84 Å². The Morgan fingerprint density at radius 1 is 1.37 bits per heavy atom. The molecule has 0 aliphatic carbocycles. The number of ether oxygens (including phenoxy) is 1. The Morgan fingerprint density at radius 3 is 2.63 bits per heavy atom. The highest BCUT2D eigenvalue weighted by molar-refractivity contribution is 5.94. The molecule has 3 N–H and O–H groups in total. The average Bonchev–Trinajstić information content (AvgIpc) is 2.47. The van der Waals surface area contributed by atoms with Crippen LogP contribution in [0, 0.1) is 0 Å². The first kappa shape index (κ1) is 15.0. The van der Waals surface area contributed by atoms with Crippen LogP contribution < -0.4 is 5.73 Å². The Morgan fingerprint density at radius 2 is 2.05 bits per heavy atom. The first-order valence-corrected chi connectivity index (χ1v) is 5.98. The summed E-state index contributed by atoms with van der Waals surface area (Å²) in [5.41, 5.74) is 6.03. The topological polar surface area (TPSA) is 88.2 Å². The van der Waals surface area contributed by atoms with Crippen LogP contribution in [0.1, 0.15) is 16.8 Å². The fraction of sp³-hybridized carbons (Fsp3) is 0.385. The molecule has 0 heterocycles. The molecule has 6 heteroatoms. The van der Waals surface area contributed by atoms with Crippen molar-refractivity contribution in [3.8, 4) is 0 Å². The van der Waals surface area contributed by atoms with Crippen LogP contribution in [-0.4, -0.2) is 48.7 Å². The summed E-state index contributed by atoms with van der Waals surface area (Å²) in [4.78, 5) is 13.9. The maximum atomic E-state index is 12.3. The third kappa shape index (κ3) is 4.97. The summed E-state index contributed by atoms with van der Waals surface area (Å²) in [6.45, 7) is 1.28. The first-order valence-electron chi connectivity index (χ1n) is 5.98. The number of amides is 1. The van der Waals surface area contributed by atoms with Gasteiger partial charge in [0.25, 0.3) is 5.91 Å². The maximum absolute atomic E-state index is 12.3. The average molecular weight is 265 g/mol. The number of amidine groups is 1. The molecule has 19 heavy (non-hydrogen) atoms. The van der Waals surface area contributed by atoms with E-state index in [9.17, 15) is 4.79 Å². The number of rotatable bonds is 7. The van der Waals surface area contributed by atoms with E-state index in [1.165, 1.54) is 0 Å². The predicted molar refractivity (Wildman–Crippen MR) is 72.2 cm³/mol. The van der Waals surface area contributed by atoms with Gasteiger partial charge in [0.2, 0.25) is 0 Å². The van der Waals surface area contributed by atoms with Gasteiger partial charge in [-0.1, -0.05) is 23.4 Å². The lowest BCUT2D eigenvalue weighted by Crippen LogP contribution is -2.36. The Hall–Kier alpha value is -2.08. The molecular formula is C13H19N3O3. The molecule has 6 nitrogen and oxygen atoms in total. The highest BCUT2D eigenvalue weighted by Crippen LogP contribution is 2.05.